The number of aromatic nitrogens is 1. The summed E-state index contributed by atoms with van der Waals surface area (Å²) in [5.74, 6) is 0. The number of benzene rings is 1. The van der Waals surface area contributed by atoms with Crippen LogP contribution in [0.3, 0.4) is 0 Å². The lowest BCUT2D eigenvalue weighted by molar-refractivity contribution is -0.384. The Labute approximate surface area is 115 Å². The fraction of sp³-hybridized carbons (Fsp3) is 0.143. The van der Waals surface area contributed by atoms with Crippen LogP contribution in [-0.4, -0.2) is 9.91 Å². The Morgan fingerprint density at radius 3 is 2.80 bits per heavy atom. The van der Waals surface area contributed by atoms with Crippen LogP contribution >= 0.6 is 0 Å². The van der Waals surface area contributed by atoms with Gasteiger partial charge in [-0.15, -0.1) is 0 Å². The SMILES string of the molecule is Cc1ccc(CNc2cc(C#N)ccc2[N+](=O)[O-])cn1. The summed E-state index contributed by atoms with van der Waals surface area (Å²) < 4.78 is 0. The maximum atomic E-state index is 10.9. The molecule has 0 aliphatic heterocycles. The number of nitrogens with one attached hydrogen (secondary N) is 1. The molecule has 1 aromatic carbocycles. The quantitative estimate of drug-likeness (QED) is 0.680. The molecule has 0 atom stereocenters. The maximum absolute atomic E-state index is 10.9. The summed E-state index contributed by atoms with van der Waals surface area (Å²) in [4.78, 5) is 14.6. The monoisotopic (exact) mass is 268 g/mol. The van der Waals surface area contributed by atoms with Gasteiger partial charge in [0.25, 0.3) is 5.69 Å². The zero-order valence-corrected chi connectivity index (χ0v) is 10.8. The Kier molecular flexibility index (Phi) is 3.91. The van der Waals surface area contributed by atoms with E-state index in [-0.39, 0.29) is 5.69 Å². The van der Waals surface area contributed by atoms with Crippen LogP contribution in [0.5, 0.6) is 0 Å². The minimum Gasteiger partial charge on any atom is -0.375 e. The highest BCUT2D eigenvalue weighted by Crippen LogP contribution is 2.25. The number of pyridine rings is 1. The van der Waals surface area contributed by atoms with Gasteiger partial charge >= 0.3 is 0 Å². The first kappa shape index (κ1) is 13.5. The highest BCUT2D eigenvalue weighted by Gasteiger charge is 2.13. The van der Waals surface area contributed by atoms with Crippen molar-refractivity contribution in [2.45, 2.75) is 13.5 Å². The molecule has 0 saturated carbocycles. The van der Waals surface area contributed by atoms with Gasteiger partial charge in [-0.3, -0.25) is 15.1 Å². The normalized spacial score (nSPS) is 9.80. The van der Waals surface area contributed by atoms with Gasteiger partial charge in [-0.2, -0.15) is 5.26 Å². The molecule has 2 rings (SSSR count). The zero-order chi connectivity index (χ0) is 14.5. The van der Waals surface area contributed by atoms with Gasteiger partial charge in [-0.1, -0.05) is 6.07 Å². The molecular formula is C14H12N4O2. The number of aryl methyl sites for hydroxylation is 1. The van der Waals surface area contributed by atoms with Gasteiger partial charge < -0.3 is 5.32 Å². The Bertz CT molecular complexity index is 675. The van der Waals surface area contributed by atoms with Crippen molar-refractivity contribution in [3.63, 3.8) is 0 Å². The molecule has 0 aliphatic carbocycles. The molecule has 0 unspecified atom stereocenters. The molecule has 1 heterocycles. The number of anilines is 1. The summed E-state index contributed by atoms with van der Waals surface area (Å²) in [6.45, 7) is 2.29. The summed E-state index contributed by atoms with van der Waals surface area (Å²) in [5.41, 5.74) is 2.47. The van der Waals surface area contributed by atoms with Gasteiger partial charge in [0.1, 0.15) is 5.69 Å². The minimum absolute atomic E-state index is 0.0518. The van der Waals surface area contributed by atoms with Gasteiger partial charge in [0.05, 0.1) is 16.6 Å². The number of hydrogen-bond acceptors (Lipinski definition) is 5. The molecule has 2 aromatic rings. The molecule has 20 heavy (non-hydrogen) atoms. The van der Waals surface area contributed by atoms with Crippen LogP contribution in [0, 0.1) is 28.4 Å². The average molecular weight is 268 g/mol. The summed E-state index contributed by atoms with van der Waals surface area (Å²) in [5, 5.41) is 22.8. The number of nitro benzene ring substituents is 1. The van der Waals surface area contributed by atoms with E-state index in [1.165, 1.54) is 18.2 Å². The van der Waals surface area contributed by atoms with Crippen molar-refractivity contribution in [1.29, 1.82) is 5.26 Å². The van der Waals surface area contributed by atoms with Crippen LogP contribution in [0.25, 0.3) is 0 Å². The Morgan fingerprint density at radius 1 is 1.40 bits per heavy atom. The fourth-order valence-corrected chi connectivity index (χ4v) is 1.71. The number of nitriles is 1. The number of nitrogens with zero attached hydrogens (tertiary/aromatic N) is 3. The van der Waals surface area contributed by atoms with Gasteiger partial charge in [0.15, 0.2) is 0 Å². The molecule has 0 amide bonds. The summed E-state index contributed by atoms with van der Waals surface area (Å²) in [7, 11) is 0. The fourth-order valence-electron chi connectivity index (χ4n) is 1.71. The first-order valence-corrected chi connectivity index (χ1v) is 5.94. The van der Waals surface area contributed by atoms with E-state index in [0.717, 1.165) is 11.3 Å². The third kappa shape index (κ3) is 3.09. The molecule has 1 N–H and O–H groups in total. The summed E-state index contributed by atoms with van der Waals surface area (Å²) in [6, 6.07) is 9.96. The average Bonchev–Trinajstić information content (AvgIpc) is 2.46. The van der Waals surface area contributed by atoms with E-state index in [2.05, 4.69) is 10.3 Å². The van der Waals surface area contributed by atoms with E-state index in [1.54, 1.807) is 6.20 Å². The number of hydrogen-bond donors (Lipinski definition) is 1. The molecule has 0 saturated heterocycles. The Morgan fingerprint density at radius 2 is 2.20 bits per heavy atom. The summed E-state index contributed by atoms with van der Waals surface area (Å²) in [6.07, 6.45) is 1.71. The van der Waals surface area contributed by atoms with E-state index >= 15 is 0 Å². The molecular weight excluding hydrogens is 256 g/mol. The molecule has 1 aromatic heterocycles. The summed E-state index contributed by atoms with van der Waals surface area (Å²) >= 11 is 0. The second-order valence-electron chi connectivity index (χ2n) is 4.26. The Hall–Kier alpha value is -2.94. The van der Waals surface area contributed by atoms with E-state index < -0.39 is 4.92 Å². The van der Waals surface area contributed by atoms with Crippen LogP contribution in [0.15, 0.2) is 36.5 Å². The highest BCUT2D eigenvalue weighted by atomic mass is 16.6. The van der Waals surface area contributed by atoms with Crippen molar-refractivity contribution >= 4 is 11.4 Å². The molecule has 100 valence electrons. The third-order valence-corrected chi connectivity index (χ3v) is 2.78. The topological polar surface area (TPSA) is 91.8 Å². The van der Waals surface area contributed by atoms with Crippen molar-refractivity contribution in [3.05, 3.63) is 63.5 Å². The largest absolute Gasteiger partial charge is 0.375 e. The van der Waals surface area contributed by atoms with Crippen LogP contribution in [0.4, 0.5) is 11.4 Å². The van der Waals surface area contributed by atoms with Crippen molar-refractivity contribution < 1.29 is 4.92 Å². The first-order valence-electron chi connectivity index (χ1n) is 5.94. The first-order chi connectivity index (χ1) is 9.60. The van der Waals surface area contributed by atoms with E-state index in [4.69, 9.17) is 5.26 Å². The molecule has 0 aliphatic rings. The lowest BCUT2D eigenvalue weighted by atomic mass is 10.1. The van der Waals surface area contributed by atoms with Crippen molar-refractivity contribution in [2.75, 3.05) is 5.32 Å². The molecule has 0 spiro atoms. The predicted octanol–water partition coefficient (Wildman–Crippen LogP) is 2.78. The Balaban J connectivity index is 2.21. The van der Waals surface area contributed by atoms with Gasteiger partial charge in [-0.05, 0) is 30.7 Å². The maximum Gasteiger partial charge on any atom is 0.292 e. The third-order valence-electron chi connectivity index (χ3n) is 2.78. The minimum atomic E-state index is -0.475. The molecule has 6 heteroatoms. The molecule has 0 bridgehead atoms. The van der Waals surface area contributed by atoms with Gasteiger partial charge in [0, 0.05) is 24.5 Å². The smallest absolute Gasteiger partial charge is 0.292 e. The molecule has 0 fully saturated rings. The highest BCUT2D eigenvalue weighted by molar-refractivity contribution is 5.64. The van der Waals surface area contributed by atoms with Crippen LogP contribution in [0.1, 0.15) is 16.8 Å². The van der Waals surface area contributed by atoms with E-state index in [0.29, 0.717) is 17.8 Å². The second-order valence-corrected chi connectivity index (χ2v) is 4.26. The number of rotatable bonds is 4. The zero-order valence-electron chi connectivity index (χ0n) is 10.8. The lowest BCUT2D eigenvalue weighted by Crippen LogP contribution is -2.03. The standard InChI is InChI=1S/C14H12N4O2/c1-10-2-3-12(8-16-10)9-17-13-6-11(7-15)4-5-14(13)18(19)20/h2-6,8,17H,9H2,1H3. The van der Waals surface area contributed by atoms with Gasteiger partial charge in [-0.25, -0.2) is 0 Å². The molecule has 6 nitrogen and oxygen atoms in total. The molecule has 0 radical (unpaired) electrons. The van der Waals surface area contributed by atoms with E-state index in [1.807, 2.05) is 25.1 Å². The number of nitro groups is 1. The van der Waals surface area contributed by atoms with Crippen molar-refractivity contribution in [3.8, 4) is 6.07 Å². The lowest BCUT2D eigenvalue weighted by Gasteiger charge is -2.07. The predicted molar refractivity (Wildman–Crippen MR) is 74.1 cm³/mol. The van der Waals surface area contributed by atoms with Crippen LogP contribution < -0.4 is 5.32 Å². The van der Waals surface area contributed by atoms with Crippen molar-refractivity contribution in [1.82, 2.24) is 4.98 Å². The van der Waals surface area contributed by atoms with E-state index in [9.17, 15) is 10.1 Å². The van der Waals surface area contributed by atoms with Crippen molar-refractivity contribution in [2.24, 2.45) is 0 Å². The second kappa shape index (κ2) is 5.80. The van der Waals surface area contributed by atoms with Crippen LogP contribution in [0.2, 0.25) is 0 Å². The van der Waals surface area contributed by atoms with Gasteiger partial charge in [0.2, 0.25) is 0 Å². The van der Waals surface area contributed by atoms with Crippen LogP contribution in [-0.2, 0) is 6.54 Å².